The van der Waals surface area contributed by atoms with Gasteiger partial charge in [-0.05, 0) is 45.7 Å². The molecule has 0 unspecified atom stereocenters. The van der Waals surface area contributed by atoms with Gasteiger partial charge in [0.1, 0.15) is 5.82 Å². The van der Waals surface area contributed by atoms with Crippen LogP contribution in [-0.2, 0) is 23.4 Å². The van der Waals surface area contributed by atoms with Crippen LogP contribution in [0, 0.1) is 5.92 Å². The Kier molecular flexibility index (Phi) is 4.28. The number of amides is 1. The molecule has 0 saturated heterocycles. The van der Waals surface area contributed by atoms with Crippen LogP contribution in [0.25, 0.3) is 5.82 Å². The first-order valence-electron chi connectivity index (χ1n) is 8.90. The van der Waals surface area contributed by atoms with Crippen molar-refractivity contribution in [3.8, 4) is 5.82 Å². The number of hydrogen-bond donors (Lipinski definition) is 0. The number of nitrogens with zero attached hydrogens (tertiary/aromatic N) is 4. The zero-order chi connectivity index (χ0) is 17.5. The molecule has 0 atom stereocenters. The van der Waals surface area contributed by atoms with Gasteiger partial charge in [0.05, 0.1) is 24.3 Å². The van der Waals surface area contributed by atoms with E-state index in [9.17, 15) is 4.79 Å². The zero-order valence-corrected chi connectivity index (χ0v) is 15.4. The Balaban J connectivity index is 1.98. The van der Waals surface area contributed by atoms with Crippen molar-refractivity contribution in [3.05, 3.63) is 35.8 Å². The average Bonchev–Trinajstić information content (AvgIpc) is 3.22. The third kappa shape index (κ3) is 2.76. The maximum absolute atomic E-state index is 12.7. The lowest BCUT2D eigenvalue weighted by atomic mass is 10.0. The van der Waals surface area contributed by atoms with E-state index in [2.05, 4.69) is 43.9 Å². The standard InChI is InChI=1S/C19H28N4O/c1-6-14(7-2)18(24)22-12-15-16(13-22)20-23(19(3,4)5)17(15)21-10-8-9-11-21/h8-11,14H,6-7,12-13H2,1-5H3. The molecule has 0 aromatic carbocycles. The summed E-state index contributed by atoms with van der Waals surface area (Å²) in [6, 6.07) is 4.04. The fraction of sp³-hybridized carbons (Fsp3) is 0.579. The molecule has 0 spiro atoms. The van der Waals surface area contributed by atoms with Crippen molar-refractivity contribution in [2.24, 2.45) is 5.92 Å². The van der Waals surface area contributed by atoms with Crippen LogP contribution >= 0.6 is 0 Å². The first-order chi connectivity index (χ1) is 11.4. The molecular weight excluding hydrogens is 300 g/mol. The number of aromatic nitrogens is 3. The monoisotopic (exact) mass is 328 g/mol. The Morgan fingerprint density at radius 2 is 1.79 bits per heavy atom. The van der Waals surface area contributed by atoms with Crippen molar-refractivity contribution < 1.29 is 4.79 Å². The Morgan fingerprint density at radius 3 is 2.33 bits per heavy atom. The molecule has 24 heavy (non-hydrogen) atoms. The van der Waals surface area contributed by atoms with Gasteiger partial charge in [0, 0.05) is 23.9 Å². The quantitative estimate of drug-likeness (QED) is 0.859. The SMILES string of the molecule is CCC(CC)C(=O)N1Cc2nn(C(C)(C)C)c(-n3cccc3)c2C1. The van der Waals surface area contributed by atoms with Gasteiger partial charge in [-0.15, -0.1) is 0 Å². The molecule has 0 N–H and O–H groups in total. The molecule has 0 radical (unpaired) electrons. The predicted octanol–water partition coefficient (Wildman–Crippen LogP) is 3.71. The van der Waals surface area contributed by atoms with Gasteiger partial charge in [-0.1, -0.05) is 13.8 Å². The van der Waals surface area contributed by atoms with Crippen molar-refractivity contribution in [1.82, 2.24) is 19.2 Å². The van der Waals surface area contributed by atoms with E-state index in [0.29, 0.717) is 13.1 Å². The van der Waals surface area contributed by atoms with Crippen molar-refractivity contribution in [2.75, 3.05) is 0 Å². The van der Waals surface area contributed by atoms with Gasteiger partial charge in [0.15, 0.2) is 0 Å². The van der Waals surface area contributed by atoms with Crippen LogP contribution in [0.2, 0.25) is 0 Å². The maximum atomic E-state index is 12.7. The molecule has 1 aliphatic rings. The fourth-order valence-corrected chi connectivity index (χ4v) is 3.46. The number of carbonyl (C=O) groups excluding carboxylic acids is 1. The normalized spacial score (nSPS) is 14.5. The summed E-state index contributed by atoms with van der Waals surface area (Å²) in [7, 11) is 0. The highest BCUT2D eigenvalue weighted by Gasteiger charge is 2.34. The number of carbonyl (C=O) groups is 1. The van der Waals surface area contributed by atoms with E-state index in [1.807, 2.05) is 29.4 Å². The molecule has 0 saturated carbocycles. The van der Waals surface area contributed by atoms with Gasteiger partial charge in [-0.3, -0.25) is 4.79 Å². The molecule has 2 aromatic rings. The molecule has 5 heteroatoms. The summed E-state index contributed by atoms with van der Waals surface area (Å²) in [5.41, 5.74) is 2.11. The summed E-state index contributed by atoms with van der Waals surface area (Å²) in [6.45, 7) is 12.0. The minimum atomic E-state index is -0.103. The lowest BCUT2D eigenvalue weighted by Crippen LogP contribution is -2.33. The second kappa shape index (κ2) is 6.11. The van der Waals surface area contributed by atoms with Crippen LogP contribution in [-0.4, -0.2) is 25.2 Å². The van der Waals surface area contributed by atoms with Gasteiger partial charge in [0.25, 0.3) is 0 Å². The smallest absolute Gasteiger partial charge is 0.226 e. The molecule has 0 fully saturated rings. The Bertz CT molecular complexity index is 717. The Labute approximate surface area is 144 Å². The first kappa shape index (κ1) is 16.8. The van der Waals surface area contributed by atoms with Crippen LogP contribution in [0.4, 0.5) is 0 Å². The van der Waals surface area contributed by atoms with Crippen molar-refractivity contribution >= 4 is 5.91 Å². The van der Waals surface area contributed by atoms with Crippen molar-refractivity contribution in [2.45, 2.75) is 66.1 Å². The van der Waals surface area contributed by atoms with E-state index >= 15 is 0 Å². The second-order valence-electron chi connectivity index (χ2n) is 7.63. The van der Waals surface area contributed by atoms with Gasteiger partial charge >= 0.3 is 0 Å². The lowest BCUT2D eigenvalue weighted by Gasteiger charge is -2.25. The topological polar surface area (TPSA) is 43.1 Å². The largest absolute Gasteiger partial charge is 0.332 e. The summed E-state index contributed by atoms with van der Waals surface area (Å²) in [5, 5.41) is 4.86. The number of rotatable bonds is 4. The van der Waals surface area contributed by atoms with Gasteiger partial charge in [-0.2, -0.15) is 5.10 Å². The third-order valence-corrected chi connectivity index (χ3v) is 4.86. The van der Waals surface area contributed by atoms with E-state index in [1.54, 1.807) is 0 Å². The average molecular weight is 328 g/mol. The van der Waals surface area contributed by atoms with E-state index in [4.69, 9.17) is 5.10 Å². The second-order valence-corrected chi connectivity index (χ2v) is 7.63. The van der Waals surface area contributed by atoms with Crippen molar-refractivity contribution in [1.29, 1.82) is 0 Å². The molecule has 3 rings (SSSR count). The summed E-state index contributed by atoms with van der Waals surface area (Å²) in [5.74, 6) is 1.47. The van der Waals surface area contributed by atoms with E-state index in [1.165, 1.54) is 5.56 Å². The molecular formula is C19H28N4O. The fourth-order valence-electron chi connectivity index (χ4n) is 3.46. The molecule has 5 nitrogen and oxygen atoms in total. The highest BCUT2D eigenvalue weighted by Crippen LogP contribution is 2.33. The summed E-state index contributed by atoms with van der Waals surface area (Å²) in [4.78, 5) is 14.7. The molecule has 3 heterocycles. The van der Waals surface area contributed by atoms with Gasteiger partial charge in [-0.25, -0.2) is 4.68 Å². The van der Waals surface area contributed by atoms with Crippen LogP contribution in [0.1, 0.15) is 58.7 Å². The molecule has 2 aromatic heterocycles. The minimum Gasteiger partial charge on any atom is -0.332 e. The minimum absolute atomic E-state index is 0.103. The van der Waals surface area contributed by atoms with E-state index in [0.717, 1.165) is 24.4 Å². The number of hydrogen-bond acceptors (Lipinski definition) is 2. The molecule has 1 amide bonds. The zero-order valence-electron chi connectivity index (χ0n) is 15.4. The van der Waals surface area contributed by atoms with E-state index in [-0.39, 0.29) is 17.4 Å². The third-order valence-electron chi connectivity index (χ3n) is 4.86. The molecule has 1 aliphatic heterocycles. The van der Waals surface area contributed by atoms with Crippen LogP contribution in [0.5, 0.6) is 0 Å². The summed E-state index contributed by atoms with van der Waals surface area (Å²) >= 11 is 0. The van der Waals surface area contributed by atoms with Gasteiger partial charge in [0.2, 0.25) is 5.91 Å². The summed E-state index contributed by atoms with van der Waals surface area (Å²) in [6.07, 6.45) is 5.89. The Hall–Kier alpha value is -2.04. The van der Waals surface area contributed by atoms with Crippen LogP contribution in [0.3, 0.4) is 0 Å². The van der Waals surface area contributed by atoms with Crippen LogP contribution in [0.15, 0.2) is 24.5 Å². The van der Waals surface area contributed by atoms with Gasteiger partial charge < -0.3 is 9.47 Å². The lowest BCUT2D eigenvalue weighted by molar-refractivity contribution is -0.136. The summed E-state index contributed by atoms with van der Waals surface area (Å²) < 4.78 is 4.21. The predicted molar refractivity (Wildman–Crippen MR) is 94.9 cm³/mol. The van der Waals surface area contributed by atoms with Crippen molar-refractivity contribution in [3.63, 3.8) is 0 Å². The Morgan fingerprint density at radius 1 is 1.17 bits per heavy atom. The highest BCUT2D eigenvalue weighted by molar-refractivity contribution is 5.79. The molecule has 0 bridgehead atoms. The maximum Gasteiger partial charge on any atom is 0.226 e. The first-order valence-corrected chi connectivity index (χ1v) is 8.90. The molecule has 130 valence electrons. The highest BCUT2D eigenvalue weighted by atomic mass is 16.2. The molecule has 0 aliphatic carbocycles. The number of fused-ring (bicyclic) bond motifs is 1. The van der Waals surface area contributed by atoms with Crippen LogP contribution < -0.4 is 0 Å². The van der Waals surface area contributed by atoms with E-state index < -0.39 is 0 Å².